The monoisotopic (exact) mass is 233 g/mol. The number of rotatable bonds is 5. The quantitative estimate of drug-likeness (QED) is 0.843. The molecule has 1 atom stereocenters. The Hall–Kier alpha value is -0.930. The molecule has 0 bridgehead atoms. The van der Waals surface area contributed by atoms with Crippen LogP contribution in [0.5, 0.6) is 0 Å². The minimum absolute atomic E-state index is 0.465. The van der Waals surface area contributed by atoms with Gasteiger partial charge in [-0.05, 0) is 45.4 Å². The van der Waals surface area contributed by atoms with Crippen LogP contribution < -0.4 is 5.32 Å². The normalized spacial score (nSPS) is 19.0. The van der Waals surface area contributed by atoms with Crippen LogP contribution in [-0.4, -0.2) is 36.1 Å². The summed E-state index contributed by atoms with van der Waals surface area (Å²) in [4.78, 5) is 6.86. The lowest BCUT2D eigenvalue weighted by Crippen LogP contribution is -2.34. The van der Waals surface area contributed by atoms with Crippen molar-refractivity contribution in [2.75, 3.05) is 20.1 Å². The number of hydrogen-bond donors (Lipinski definition) is 1. The highest BCUT2D eigenvalue weighted by atomic mass is 15.1. The highest BCUT2D eigenvalue weighted by molar-refractivity contribution is 5.27. The van der Waals surface area contributed by atoms with Gasteiger partial charge in [0, 0.05) is 25.3 Å². The molecule has 0 aliphatic heterocycles. The van der Waals surface area contributed by atoms with Crippen molar-refractivity contribution in [3.63, 3.8) is 0 Å². The Bertz CT molecular complexity index is 362. The Kier molecular flexibility index (Phi) is 4.13. The zero-order valence-electron chi connectivity index (χ0n) is 11.1. The number of hydrogen-bond acceptors (Lipinski definition) is 3. The van der Waals surface area contributed by atoms with Gasteiger partial charge in [-0.25, -0.2) is 0 Å². The Balaban J connectivity index is 1.82. The molecule has 0 amide bonds. The summed E-state index contributed by atoms with van der Waals surface area (Å²) in [5.74, 6) is 0. The van der Waals surface area contributed by atoms with Gasteiger partial charge in [-0.15, -0.1) is 0 Å². The van der Waals surface area contributed by atoms with Gasteiger partial charge < -0.3 is 10.2 Å². The van der Waals surface area contributed by atoms with Crippen molar-refractivity contribution >= 4 is 0 Å². The van der Waals surface area contributed by atoms with Crippen LogP contribution in [0.15, 0.2) is 18.3 Å². The Labute approximate surface area is 104 Å². The smallest absolute Gasteiger partial charge is 0.0605 e. The van der Waals surface area contributed by atoms with Gasteiger partial charge >= 0.3 is 0 Å². The molecule has 0 radical (unpaired) electrons. The van der Waals surface area contributed by atoms with Gasteiger partial charge in [0.25, 0.3) is 0 Å². The summed E-state index contributed by atoms with van der Waals surface area (Å²) >= 11 is 0. The second-order valence-corrected chi connectivity index (χ2v) is 5.17. The first kappa shape index (κ1) is 12.5. The van der Waals surface area contributed by atoms with Gasteiger partial charge in [0.1, 0.15) is 0 Å². The minimum atomic E-state index is 0.465. The van der Waals surface area contributed by atoms with Crippen molar-refractivity contribution < 1.29 is 0 Å². The molecule has 17 heavy (non-hydrogen) atoms. The summed E-state index contributed by atoms with van der Waals surface area (Å²) in [5, 5.41) is 3.62. The fourth-order valence-electron chi connectivity index (χ4n) is 2.28. The van der Waals surface area contributed by atoms with Gasteiger partial charge in [-0.1, -0.05) is 6.07 Å². The van der Waals surface area contributed by atoms with Crippen molar-refractivity contribution in [3.8, 4) is 0 Å². The molecular formula is C14H23N3. The lowest BCUT2D eigenvalue weighted by atomic mass is 10.2. The molecule has 1 aliphatic rings. The Morgan fingerprint density at radius 1 is 1.53 bits per heavy atom. The fraction of sp³-hybridized carbons (Fsp3) is 0.643. The average molecular weight is 233 g/mol. The van der Waals surface area contributed by atoms with Crippen molar-refractivity contribution in [1.29, 1.82) is 0 Å². The molecule has 0 saturated heterocycles. The summed E-state index contributed by atoms with van der Waals surface area (Å²) in [6, 6.07) is 5.32. The van der Waals surface area contributed by atoms with E-state index in [0.717, 1.165) is 13.1 Å². The van der Waals surface area contributed by atoms with E-state index in [4.69, 9.17) is 0 Å². The van der Waals surface area contributed by atoms with E-state index in [1.165, 1.54) is 24.1 Å². The van der Waals surface area contributed by atoms with Crippen LogP contribution in [0.25, 0.3) is 0 Å². The van der Waals surface area contributed by atoms with E-state index in [9.17, 15) is 0 Å². The first-order valence-electron chi connectivity index (χ1n) is 6.56. The maximum absolute atomic E-state index is 4.50. The van der Waals surface area contributed by atoms with E-state index < -0.39 is 0 Å². The Morgan fingerprint density at radius 3 is 3.12 bits per heavy atom. The van der Waals surface area contributed by atoms with Crippen LogP contribution in [0.2, 0.25) is 0 Å². The number of pyridine rings is 1. The van der Waals surface area contributed by atoms with Gasteiger partial charge in [0.05, 0.1) is 11.7 Å². The van der Waals surface area contributed by atoms with Gasteiger partial charge in [-0.2, -0.15) is 0 Å². The number of fused-ring (bicyclic) bond motifs is 1. The van der Waals surface area contributed by atoms with Gasteiger partial charge in [0.15, 0.2) is 0 Å². The predicted molar refractivity (Wildman–Crippen MR) is 71.1 cm³/mol. The molecular weight excluding hydrogens is 210 g/mol. The van der Waals surface area contributed by atoms with E-state index in [0.29, 0.717) is 12.1 Å². The molecule has 1 unspecified atom stereocenters. The standard InChI is InChI=1S/C14H23N3/c1-11(2)17(3)10-9-15-13-7-6-12-5-4-8-16-14(12)13/h4-5,8,11,13,15H,6-7,9-10H2,1-3H3. The molecule has 94 valence electrons. The Morgan fingerprint density at radius 2 is 2.35 bits per heavy atom. The molecule has 3 heteroatoms. The molecule has 0 aromatic carbocycles. The molecule has 0 spiro atoms. The number of nitrogens with zero attached hydrogens (tertiary/aromatic N) is 2. The summed E-state index contributed by atoms with van der Waals surface area (Å²) in [5.41, 5.74) is 2.68. The van der Waals surface area contributed by atoms with Crippen molar-refractivity contribution in [2.24, 2.45) is 0 Å². The van der Waals surface area contributed by atoms with E-state index >= 15 is 0 Å². The van der Waals surface area contributed by atoms with Crippen LogP contribution in [0.1, 0.15) is 37.6 Å². The first-order chi connectivity index (χ1) is 8.18. The topological polar surface area (TPSA) is 28.2 Å². The lowest BCUT2D eigenvalue weighted by molar-refractivity contribution is 0.268. The van der Waals surface area contributed by atoms with E-state index in [1.807, 2.05) is 12.3 Å². The third-order valence-electron chi connectivity index (χ3n) is 3.70. The third kappa shape index (κ3) is 3.05. The molecule has 2 rings (SSSR count). The number of aryl methyl sites for hydroxylation is 1. The molecule has 3 nitrogen and oxygen atoms in total. The van der Waals surface area contributed by atoms with Crippen LogP contribution in [0.4, 0.5) is 0 Å². The maximum atomic E-state index is 4.50. The molecule has 1 aliphatic carbocycles. The number of nitrogens with one attached hydrogen (secondary N) is 1. The zero-order valence-corrected chi connectivity index (χ0v) is 11.1. The molecule has 0 fully saturated rings. The third-order valence-corrected chi connectivity index (χ3v) is 3.70. The van der Waals surface area contributed by atoms with Gasteiger partial charge in [-0.3, -0.25) is 4.98 Å². The highest BCUT2D eigenvalue weighted by Crippen LogP contribution is 2.28. The lowest BCUT2D eigenvalue weighted by Gasteiger charge is -2.22. The highest BCUT2D eigenvalue weighted by Gasteiger charge is 2.22. The summed E-state index contributed by atoms with van der Waals surface area (Å²) in [6.45, 7) is 6.59. The van der Waals surface area contributed by atoms with Crippen molar-refractivity contribution in [2.45, 2.75) is 38.8 Å². The van der Waals surface area contributed by atoms with Crippen molar-refractivity contribution in [3.05, 3.63) is 29.6 Å². The second-order valence-electron chi connectivity index (χ2n) is 5.17. The first-order valence-corrected chi connectivity index (χ1v) is 6.56. The minimum Gasteiger partial charge on any atom is -0.307 e. The van der Waals surface area contributed by atoms with Crippen LogP contribution in [0.3, 0.4) is 0 Å². The second kappa shape index (κ2) is 5.61. The van der Waals surface area contributed by atoms with E-state index in [2.05, 4.69) is 42.2 Å². The average Bonchev–Trinajstić information content (AvgIpc) is 2.72. The fourth-order valence-corrected chi connectivity index (χ4v) is 2.28. The van der Waals surface area contributed by atoms with Crippen molar-refractivity contribution in [1.82, 2.24) is 15.2 Å². The summed E-state index contributed by atoms with van der Waals surface area (Å²) in [7, 11) is 2.17. The summed E-state index contributed by atoms with van der Waals surface area (Å²) < 4.78 is 0. The number of aromatic nitrogens is 1. The van der Waals surface area contributed by atoms with Crippen LogP contribution >= 0.6 is 0 Å². The molecule has 1 N–H and O–H groups in total. The van der Waals surface area contributed by atoms with Crippen LogP contribution in [-0.2, 0) is 6.42 Å². The predicted octanol–water partition coefficient (Wildman–Crippen LogP) is 2.00. The summed E-state index contributed by atoms with van der Waals surface area (Å²) in [6.07, 6.45) is 4.26. The van der Waals surface area contributed by atoms with E-state index in [-0.39, 0.29) is 0 Å². The molecule has 1 heterocycles. The number of likely N-dealkylation sites (N-methyl/N-ethyl adjacent to an activating group) is 1. The molecule has 1 aromatic rings. The maximum Gasteiger partial charge on any atom is 0.0605 e. The van der Waals surface area contributed by atoms with Gasteiger partial charge in [0.2, 0.25) is 0 Å². The van der Waals surface area contributed by atoms with Crippen LogP contribution in [0, 0.1) is 0 Å². The van der Waals surface area contributed by atoms with E-state index in [1.54, 1.807) is 0 Å². The largest absolute Gasteiger partial charge is 0.307 e. The SMILES string of the molecule is CC(C)N(C)CCNC1CCc2cccnc21. The zero-order chi connectivity index (χ0) is 12.3. The molecule has 1 aromatic heterocycles. The molecule has 0 saturated carbocycles.